The second kappa shape index (κ2) is 8.95. The summed E-state index contributed by atoms with van der Waals surface area (Å²) in [5.74, 6) is 0.622. The Morgan fingerprint density at radius 2 is 1.79 bits per heavy atom. The van der Waals surface area contributed by atoms with E-state index in [0.717, 1.165) is 47.6 Å². The van der Waals surface area contributed by atoms with Crippen LogP contribution in [0.2, 0.25) is 0 Å². The molecule has 3 aromatic rings. The van der Waals surface area contributed by atoms with Gasteiger partial charge in [0.25, 0.3) is 0 Å². The molecular weight excluding hydrogens is 378 g/mol. The number of rotatable bonds is 5. The molecule has 1 aliphatic rings. The lowest BCUT2D eigenvalue weighted by molar-refractivity contribution is -0.131. The van der Waals surface area contributed by atoms with Crippen molar-refractivity contribution in [2.75, 3.05) is 12.3 Å². The predicted molar refractivity (Wildman–Crippen MR) is 119 cm³/mol. The maximum Gasteiger partial charge on any atom is 0.233 e. The molecule has 5 heteroatoms. The van der Waals surface area contributed by atoms with Crippen LogP contribution >= 0.6 is 11.8 Å². The monoisotopic (exact) mass is 405 g/mol. The van der Waals surface area contributed by atoms with Crippen molar-refractivity contribution in [3.63, 3.8) is 0 Å². The van der Waals surface area contributed by atoms with Crippen molar-refractivity contribution in [2.45, 2.75) is 50.6 Å². The number of piperidine rings is 1. The summed E-state index contributed by atoms with van der Waals surface area (Å²) in [6.07, 6.45) is 4.14. The summed E-state index contributed by atoms with van der Waals surface area (Å²) in [5, 5.41) is 0.863. The topological polar surface area (TPSA) is 46.1 Å². The Morgan fingerprint density at radius 1 is 1.07 bits per heavy atom. The minimum Gasteiger partial charge on any atom is -0.339 e. The summed E-state index contributed by atoms with van der Waals surface area (Å²) in [6, 6.07) is 16.8. The number of amides is 1. The van der Waals surface area contributed by atoms with Crippen LogP contribution in [0.25, 0.3) is 11.0 Å². The van der Waals surface area contributed by atoms with Gasteiger partial charge in [-0.05, 0) is 50.8 Å². The number of fused-ring (bicyclic) bond motifs is 1. The highest BCUT2D eigenvalue weighted by atomic mass is 32.2. The SMILES string of the molecule is Cc1ccc(Cc2nc3ccccc3nc2SCC(=O)N2CCCC[C@@H]2C)cc1. The third kappa shape index (κ3) is 4.78. The van der Waals surface area contributed by atoms with Crippen molar-refractivity contribution in [1.29, 1.82) is 0 Å². The molecule has 2 heterocycles. The molecule has 0 aliphatic carbocycles. The van der Waals surface area contributed by atoms with Crippen molar-refractivity contribution in [3.05, 3.63) is 65.4 Å². The number of hydrogen-bond donors (Lipinski definition) is 0. The molecule has 2 aromatic carbocycles. The van der Waals surface area contributed by atoms with Crippen molar-refractivity contribution in [1.82, 2.24) is 14.9 Å². The number of aromatic nitrogens is 2. The number of nitrogens with zero attached hydrogens (tertiary/aromatic N) is 3. The molecule has 1 fully saturated rings. The van der Waals surface area contributed by atoms with E-state index in [1.54, 1.807) is 0 Å². The minimum absolute atomic E-state index is 0.207. The Bertz CT molecular complexity index is 1000. The number of hydrogen-bond acceptors (Lipinski definition) is 4. The van der Waals surface area contributed by atoms with Crippen molar-refractivity contribution in [3.8, 4) is 0 Å². The van der Waals surface area contributed by atoms with Crippen molar-refractivity contribution < 1.29 is 4.79 Å². The highest BCUT2D eigenvalue weighted by Gasteiger charge is 2.23. The lowest BCUT2D eigenvalue weighted by Gasteiger charge is -2.33. The van der Waals surface area contributed by atoms with Crippen molar-refractivity contribution >= 4 is 28.7 Å². The Balaban J connectivity index is 1.57. The first-order valence-corrected chi connectivity index (χ1v) is 11.3. The molecule has 1 aliphatic heterocycles. The number of carbonyl (C=O) groups is 1. The summed E-state index contributed by atoms with van der Waals surface area (Å²) in [6.45, 7) is 5.12. The number of benzene rings is 2. The van der Waals surface area contributed by atoms with Gasteiger partial charge in [0, 0.05) is 19.0 Å². The van der Waals surface area contributed by atoms with E-state index >= 15 is 0 Å². The maximum atomic E-state index is 12.8. The summed E-state index contributed by atoms with van der Waals surface area (Å²) < 4.78 is 0. The Hall–Kier alpha value is -2.40. The standard InChI is InChI=1S/C24H27N3OS/c1-17-10-12-19(13-11-17)15-22-24(26-21-9-4-3-8-20(21)25-22)29-16-23(28)27-14-6-5-7-18(27)2/h3-4,8-13,18H,5-7,14-16H2,1-2H3/t18-/m0/s1. The number of aryl methyl sites for hydroxylation is 1. The molecule has 0 radical (unpaired) electrons. The number of likely N-dealkylation sites (tertiary alicyclic amines) is 1. The normalized spacial score (nSPS) is 16.9. The zero-order valence-electron chi connectivity index (χ0n) is 17.1. The number of thioether (sulfide) groups is 1. The molecule has 0 saturated carbocycles. The van der Waals surface area contributed by atoms with Crippen LogP contribution < -0.4 is 0 Å². The third-order valence-corrected chi connectivity index (χ3v) is 6.55. The van der Waals surface area contributed by atoms with Gasteiger partial charge in [-0.3, -0.25) is 4.79 Å². The van der Waals surface area contributed by atoms with Crippen LogP contribution in [0, 0.1) is 6.92 Å². The summed E-state index contributed by atoms with van der Waals surface area (Å²) >= 11 is 1.52. The number of para-hydroxylation sites is 2. The average molecular weight is 406 g/mol. The molecule has 0 unspecified atom stereocenters. The van der Waals surface area contributed by atoms with E-state index in [4.69, 9.17) is 9.97 Å². The quantitative estimate of drug-likeness (QED) is 0.559. The van der Waals surface area contributed by atoms with E-state index in [9.17, 15) is 4.79 Å². The third-order valence-electron chi connectivity index (χ3n) is 5.55. The molecule has 1 saturated heterocycles. The van der Waals surface area contributed by atoms with Gasteiger partial charge in [0.2, 0.25) is 5.91 Å². The molecule has 1 aromatic heterocycles. The molecule has 29 heavy (non-hydrogen) atoms. The Morgan fingerprint density at radius 3 is 2.52 bits per heavy atom. The molecule has 1 amide bonds. The van der Waals surface area contributed by atoms with Crippen LogP contribution in [-0.2, 0) is 11.2 Å². The molecule has 4 rings (SSSR count). The van der Waals surface area contributed by atoms with Crippen LogP contribution in [-0.4, -0.2) is 39.1 Å². The number of carbonyl (C=O) groups excluding carboxylic acids is 1. The van der Waals surface area contributed by atoms with Gasteiger partial charge in [0.05, 0.1) is 22.5 Å². The van der Waals surface area contributed by atoms with Crippen LogP contribution in [0.3, 0.4) is 0 Å². The van der Waals surface area contributed by atoms with Crippen molar-refractivity contribution in [2.24, 2.45) is 0 Å². The zero-order chi connectivity index (χ0) is 20.2. The van der Waals surface area contributed by atoms with Gasteiger partial charge in [-0.15, -0.1) is 0 Å². The summed E-state index contributed by atoms with van der Waals surface area (Å²) in [7, 11) is 0. The van der Waals surface area contributed by atoms with Gasteiger partial charge < -0.3 is 4.90 Å². The van der Waals surface area contributed by atoms with E-state index < -0.39 is 0 Å². The second-order valence-electron chi connectivity index (χ2n) is 7.85. The first-order chi connectivity index (χ1) is 14.1. The van der Waals surface area contributed by atoms with E-state index in [1.807, 2.05) is 29.2 Å². The Kier molecular flexibility index (Phi) is 6.14. The van der Waals surface area contributed by atoms with Gasteiger partial charge in [-0.1, -0.05) is 53.7 Å². The lowest BCUT2D eigenvalue weighted by Crippen LogP contribution is -2.42. The molecule has 150 valence electrons. The molecule has 0 spiro atoms. The zero-order valence-corrected chi connectivity index (χ0v) is 17.9. The molecule has 1 atom stereocenters. The first-order valence-electron chi connectivity index (χ1n) is 10.3. The maximum absolute atomic E-state index is 12.8. The molecular formula is C24H27N3OS. The fourth-order valence-corrected chi connectivity index (χ4v) is 4.71. The second-order valence-corrected chi connectivity index (χ2v) is 8.81. The van der Waals surface area contributed by atoms with Gasteiger partial charge in [-0.25, -0.2) is 9.97 Å². The summed E-state index contributed by atoms with van der Waals surface area (Å²) in [4.78, 5) is 24.6. The molecule has 4 nitrogen and oxygen atoms in total. The van der Waals surface area contributed by atoms with E-state index in [1.165, 1.54) is 29.3 Å². The van der Waals surface area contributed by atoms with Gasteiger partial charge in [0.15, 0.2) is 0 Å². The van der Waals surface area contributed by atoms with E-state index in [-0.39, 0.29) is 5.91 Å². The van der Waals surface area contributed by atoms with E-state index in [0.29, 0.717) is 11.8 Å². The van der Waals surface area contributed by atoms with E-state index in [2.05, 4.69) is 38.1 Å². The van der Waals surface area contributed by atoms with Crippen LogP contribution in [0.5, 0.6) is 0 Å². The largest absolute Gasteiger partial charge is 0.339 e. The van der Waals surface area contributed by atoms with Gasteiger partial charge >= 0.3 is 0 Å². The predicted octanol–water partition coefficient (Wildman–Crippen LogP) is 5.02. The van der Waals surface area contributed by atoms with Crippen LogP contribution in [0.15, 0.2) is 53.6 Å². The van der Waals surface area contributed by atoms with Crippen LogP contribution in [0.4, 0.5) is 0 Å². The fraction of sp³-hybridized carbons (Fsp3) is 0.375. The highest BCUT2D eigenvalue weighted by molar-refractivity contribution is 7.99. The Labute approximate surface area is 176 Å². The summed E-state index contributed by atoms with van der Waals surface area (Å²) in [5.41, 5.74) is 5.17. The highest BCUT2D eigenvalue weighted by Crippen LogP contribution is 2.26. The average Bonchev–Trinajstić information content (AvgIpc) is 2.74. The van der Waals surface area contributed by atoms with Crippen LogP contribution in [0.1, 0.15) is 43.0 Å². The minimum atomic E-state index is 0.207. The molecule has 0 bridgehead atoms. The van der Waals surface area contributed by atoms with Gasteiger partial charge in [-0.2, -0.15) is 0 Å². The smallest absolute Gasteiger partial charge is 0.233 e. The fourth-order valence-electron chi connectivity index (χ4n) is 3.83. The molecule has 0 N–H and O–H groups in total. The first kappa shape index (κ1) is 19.9. The van der Waals surface area contributed by atoms with Gasteiger partial charge in [0.1, 0.15) is 5.03 Å². The lowest BCUT2D eigenvalue weighted by atomic mass is 10.0.